The van der Waals surface area contributed by atoms with Crippen LogP contribution in [0.5, 0.6) is 0 Å². The first kappa shape index (κ1) is 25.4. The van der Waals surface area contributed by atoms with E-state index in [1.165, 1.54) is 0 Å². The minimum atomic E-state index is -1.95. The number of rotatable bonds is 3. The Balaban J connectivity index is 1.26. The maximum atomic E-state index is 14.2. The minimum absolute atomic E-state index is 0.0351. The van der Waals surface area contributed by atoms with Crippen LogP contribution in [-0.2, 0) is 23.7 Å². The van der Waals surface area contributed by atoms with Gasteiger partial charge in [0.15, 0.2) is 12.1 Å². The molecule has 6 rings (SSSR count). The standard InChI is InChI=1S/C28H42O8/c1-14-18-9-11-27(31)19-7-6-16-12-17(35-21-13-20(33-5)23(29)15(2)34-21)8-10-25(16,3)22(19)24(30)28(32,36-14)26(18,27)4/h6,14-15,17-23,29,31-32H,7-13H2,1-5H3/t14-,15-,17+,18+,19-,20-,21+,22-,23+,25+,26-,27+,28+/m1/s1. The van der Waals surface area contributed by atoms with Crippen molar-refractivity contribution >= 4 is 5.78 Å². The van der Waals surface area contributed by atoms with Gasteiger partial charge >= 0.3 is 0 Å². The van der Waals surface area contributed by atoms with Crippen molar-refractivity contribution in [2.24, 2.45) is 28.6 Å². The van der Waals surface area contributed by atoms with Crippen LogP contribution in [0.2, 0.25) is 0 Å². The Morgan fingerprint density at radius 1 is 1.08 bits per heavy atom. The van der Waals surface area contributed by atoms with Crippen molar-refractivity contribution in [3.8, 4) is 0 Å². The maximum Gasteiger partial charge on any atom is 0.235 e. The van der Waals surface area contributed by atoms with Crippen LogP contribution >= 0.6 is 0 Å². The lowest BCUT2D eigenvalue weighted by atomic mass is 9.44. The third-order valence-electron chi connectivity index (χ3n) is 11.5. The molecule has 36 heavy (non-hydrogen) atoms. The summed E-state index contributed by atoms with van der Waals surface area (Å²) in [5.74, 6) is -2.96. The molecule has 0 aromatic heterocycles. The number of aliphatic hydroxyl groups is 3. The molecule has 0 spiro atoms. The molecular formula is C28H42O8. The number of Topliss-reactive ketones (excluding diaryl/α,β-unsaturated/α-hetero) is 1. The predicted molar refractivity (Wildman–Crippen MR) is 129 cm³/mol. The molecule has 0 amide bonds. The van der Waals surface area contributed by atoms with Gasteiger partial charge in [-0.2, -0.15) is 0 Å². The normalized spacial score (nSPS) is 58.2. The highest BCUT2D eigenvalue weighted by Gasteiger charge is 2.82. The number of carbonyl (C=O) groups excluding carboxylic acids is 1. The molecule has 2 aliphatic heterocycles. The topological polar surface area (TPSA) is 115 Å². The van der Waals surface area contributed by atoms with Crippen LogP contribution in [0, 0.1) is 28.6 Å². The Kier molecular flexibility index (Phi) is 5.70. The second-order valence-electron chi connectivity index (χ2n) is 12.8. The van der Waals surface area contributed by atoms with Gasteiger partial charge in [-0.3, -0.25) is 4.79 Å². The number of carbonyl (C=O) groups is 1. The first-order chi connectivity index (χ1) is 16.9. The van der Waals surface area contributed by atoms with Gasteiger partial charge in [0.05, 0.1) is 35.4 Å². The third kappa shape index (κ3) is 2.98. The molecule has 3 saturated carbocycles. The molecule has 0 radical (unpaired) electrons. The quantitative estimate of drug-likeness (QED) is 0.500. The van der Waals surface area contributed by atoms with Crippen molar-refractivity contribution in [3.05, 3.63) is 11.6 Å². The Morgan fingerprint density at radius 2 is 1.83 bits per heavy atom. The summed E-state index contributed by atoms with van der Waals surface area (Å²) >= 11 is 0. The summed E-state index contributed by atoms with van der Waals surface area (Å²) in [6.45, 7) is 7.75. The SMILES string of the molecule is CO[C@@H]1C[C@H](O[C@H]2CC[C@@]3(C)C(=CC[C@@H]4[C@@H]3C(=O)[C@]3(O)O[C@H](C)[C@@H]5CC[C@@]4(O)[C@@]53C)C2)O[C@H](C)[C@@H]1O. The Labute approximate surface area is 213 Å². The fraction of sp³-hybridized carbons (Fsp3) is 0.893. The number of hydrogen-bond acceptors (Lipinski definition) is 8. The van der Waals surface area contributed by atoms with Crippen LogP contribution < -0.4 is 0 Å². The summed E-state index contributed by atoms with van der Waals surface area (Å²) in [6, 6.07) is 0. The lowest BCUT2D eigenvalue weighted by molar-refractivity contribution is -0.297. The molecule has 2 heterocycles. The van der Waals surface area contributed by atoms with Gasteiger partial charge in [0.2, 0.25) is 5.79 Å². The number of fused-ring (bicyclic) bond motifs is 4. The average Bonchev–Trinajstić information content (AvgIpc) is 3.24. The fourth-order valence-electron chi connectivity index (χ4n) is 9.39. The van der Waals surface area contributed by atoms with E-state index in [4.69, 9.17) is 18.9 Å². The van der Waals surface area contributed by atoms with Gasteiger partial charge in [-0.1, -0.05) is 25.5 Å². The van der Waals surface area contributed by atoms with Crippen molar-refractivity contribution in [1.82, 2.24) is 0 Å². The van der Waals surface area contributed by atoms with Crippen LogP contribution in [0.15, 0.2) is 11.6 Å². The van der Waals surface area contributed by atoms with Crippen LogP contribution in [0.1, 0.15) is 72.6 Å². The second-order valence-corrected chi connectivity index (χ2v) is 12.8. The van der Waals surface area contributed by atoms with Crippen molar-refractivity contribution in [2.45, 2.75) is 121 Å². The molecule has 3 N–H and O–H groups in total. The molecule has 0 aromatic carbocycles. The van der Waals surface area contributed by atoms with Crippen molar-refractivity contribution in [3.63, 3.8) is 0 Å². The Hall–Kier alpha value is -0.870. The van der Waals surface area contributed by atoms with Crippen LogP contribution in [-0.4, -0.2) is 76.4 Å². The van der Waals surface area contributed by atoms with E-state index in [9.17, 15) is 20.1 Å². The van der Waals surface area contributed by atoms with Crippen LogP contribution in [0.4, 0.5) is 0 Å². The van der Waals surface area contributed by atoms with E-state index >= 15 is 0 Å². The van der Waals surface area contributed by atoms with E-state index in [-0.39, 0.29) is 42.0 Å². The number of ketones is 1. The van der Waals surface area contributed by atoms with Crippen LogP contribution in [0.3, 0.4) is 0 Å². The Bertz CT molecular complexity index is 967. The smallest absolute Gasteiger partial charge is 0.235 e. The number of allylic oxidation sites excluding steroid dienone is 1. The lowest BCUT2D eigenvalue weighted by Crippen LogP contribution is -2.73. The van der Waals surface area contributed by atoms with Gasteiger partial charge in [-0.05, 0) is 63.7 Å². The molecule has 202 valence electrons. The number of ether oxygens (including phenoxy) is 4. The zero-order chi connectivity index (χ0) is 25.8. The highest BCUT2D eigenvalue weighted by atomic mass is 16.7. The molecule has 8 nitrogen and oxygen atoms in total. The average molecular weight is 507 g/mol. The molecule has 8 heteroatoms. The van der Waals surface area contributed by atoms with E-state index in [1.54, 1.807) is 7.11 Å². The van der Waals surface area contributed by atoms with E-state index < -0.39 is 40.5 Å². The monoisotopic (exact) mass is 506 g/mol. The zero-order valence-electron chi connectivity index (χ0n) is 22.1. The van der Waals surface area contributed by atoms with Crippen molar-refractivity contribution < 1.29 is 39.1 Å². The summed E-state index contributed by atoms with van der Waals surface area (Å²) in [6.07, 6.45) is 4.61. The summed E-state index contributed by atoms with van der Waals surface area (Å²) in [5.41, 5.74) is -1.43. The molecule has 2 saturated heterocycles. The first-order valence-electron chi connectivity index (χ1n) is 13.8. The van der Waals surface area contributed by atoms with E-state index in [2.05, 4.69) is 13.0 Å². The number of aliphatic hydroxyl groups excluding tert-OH is 1. The molecule has 13 atom stereocenters. The van der Waals surface area contributed by atoms with Gasteiger partial charge in [0.1, 0.15) is 6.10 Å². The van der Waals surface area contributed by atoms with E-state index in [1.807, 2.05) is 20.8 Å². The van der Waals surface area contributed by atoms with Gasteiger partial charge in [0, 0.05) is 25.4 Å². The molecule has 0 bridgehead atoms. The third-order valence-corrected chi connectivity index (χ3v) is 11.5. The number of methoxy groups -OCH3 is 1. The molecule has 0 aromatic rings. The summed E-state index contributed by atoms with van der Waals surface area (Å²) in [7, 11) is 1.59. The molecule has 6 aliphatic rings. The first-order valence-corrected chi connectivity index (χ1v) is 13.8. The van der Waals surface area contributed by atoms with E-state index in [0.29, 0.717) is 25.7 Å². The summed E-state index contributed by atoms with van der Waals surface area (Å²) < 4.78 is 23.8. The predicted octanol–water partition coefficient (Wildman–Crippen LogP) is 2.47. The molecule has 4 aliphatic carbocycles. The van der Waals surface area contributed by atoms with Crippen molar-refractivity contribution in [2.75, 3.05) is 7.11 Å². The highest BCUT2D eigenvalue weighted by molar-refractivity contribution is 5.92. The van der Waals surface area contributed by atoms with Gasteiger partial charge in [-0.25, -0.2) is 0 Å². The molecular weight excluding hydrogens is 464 g/mol. The lowest BCUT2D eigenvalue weighted by Gasteiger charge is -2.62. The minimum Gasteiger partial charge on any atom is -0.389 e. The summed E-state index contributed by atoms with van der Waals surface area (Å²) in [4.78, 5) is 14.2. The largest absolute Gasteiger partial charge is 0.389 e. The fourth-order valence-corrected chi connectivity index (χ4v) is 9.39. The molecule has 0 unspecified atom stereocenters. The van der Waals surface area contributed by atoms with Gasteiger partial charge < -0.3 is 34.3 Å². The van der Waals surface area contributed by atoms with Crippen LogP contribution in [0.25, 0.3) is 0 Å². The second kappa shape index (κ2) is 8.07. The van der Waals surface area contributed by atoms with E-state index in [0.717, 1.165) is 24.8 Å². The molecule has 5 fully saturated rings. The van der Waals surface area contributed by atoms with Gasteiger partial charge in [-0.15, -0.1) is 0 Å². The maximum absolute atomic E-state index is 14.2. The Morgan fingerprint density at radius 3 is 2.56 bits per heavy atom. The van der Waals surface area contributed by atoms with Crippen molar-refractivity contribution in [1.29, 1.82) is 0 Å². The highest BCUT2D eigenvalue weighted by Crippen LogP contribution is 2.72. The van der Waals surface area contributed by atoms with Gasteiger partial charge in [0.25, 0.3) is 0 Å². The number of hydrogen-bond donors (Lipinski definition) is 3. The zero-order valence-corrected chi connectivity index (χ0v) is 22.1. The summed E-state index contributed by atoms with van der Waals surface area (Å²) in [5, 5.41) is 34.3.